The summed E-state index contributed by atoms with van der Waals surface area (Å²) in [6.07, 6.45) is 0.611. The lowest BCUT2D eigenvalue weighted by molar-refractivity contribution is -0.147. The van der Waals surface area contributed by atoms with Gasteiger partial charge in [0, 0.05) is 31.4 Å². The molecule has 1 saturated carbocycles. The van der Waals surface area contributed by atoms with Crippen LogP contribution in [0.3, 0.4) is 0 Å². The van der Waals surface area contributed by atoms with E-state index < -0.39 is 17.3 Å². The Kier molecular flexibility index (Phi) is 5.99. The van der Waals surface area contributed by atoms with Crippen LogP contribution in [0, 0.1) is 0 Å². The highest BCUT2D eigenvalue weighted by Gasteiger charge is 2.42. The number of nitrogens with zero attached hydrogens (tertiary/aromatic N) is 1. The first kappa shape index (κ1) is 20.0. The zero-order valence-electron chi connectivity index (χ0n) is 15.6. The summed E-state index contributed by atoms with van der Waals surface area (Å²) >= 11 is 0. The molecule has 7 heteroatoms. The molecule has 0 atom stereocenters. The van der Waals surface area contributed by atoms with Gasteiger partial charge in [0.25, 0.3) is 5.91 Å². The van der Waals surface area contributed by atoms with Gasteiger partial charge in [-0.25, -0.2) is 0 Å². The molecule has 1 aliphatic heterocycles. The van der Waals surface area contributed by atoms with E-state index in [1.807, 2.05) is 11.8 Å². The quantitative estimate of drug-likeness (QED) is 0.830. The van der Waals surface area contributed by atoms with Crippen molar-refractivity contribution >= 4 is 11.6 Å². The number of hydrogen-bond acceptors (Lipinski definition) is 3. The SMILES string of the molecule is CCOC1(C(=O)NC2CCN(c3cccc(C(F)(F)F)c3)CC2)CCCC1. The van der Waals surface area contributed by atoms with Crippen LogP contribution >= 0.6 is 0 Å². The Morgan fingerprint density at radius 3 is 2.52 bits per heavy atom. The van der Waals surface area contributed by atoms with Crippen molar-refractivity contribution in [3.63, 3.8) is 0 Å². The van der Waals surface area contributed by atoms with Crippen LogP contribution in [0.25, 0.3) is 0 Å². The van der Waals surface area contributed by atoms with E-state index in [1.54, 1.807) is 6.07 Å². The maximum absolute atomic E-state index is 12.9. The van der Waals surface area contributed by atoms with Crippen molar-refractivity contribution in [2.24, 2.45) is 0 Å². The first-order chi connectivity index (χ1) is 12.8. The summed E-state index contributed by atoms with van der Waals surface area (Å²) in [4.78, 5) is 14.7. The van der Waals surface area contributed by atoms with Gasteiger partial charge in [-0.15, -0.1) is 0 Å². The number of ether oxygens (including phenoxy) is 1. The Morgan fingerprint density at radius 1 is 1.26 bits per heavy atom. The normalized spacial score (nSPS) is 20.7. The minimum Gasteiger partial charge on any atom is -0.371 e. The van der Waals surface area contributed by atoms with Gasteiger partial charge in [-0.1, -0.05) is 6.07 Å². The maximum atomic E-state index is 12.9. The molecular weight excluding hydrogens is 357 g/mol. The Labute approximate surface area is 158 Å². The van der Waals surface area contributed by atoms with E-state index in [1.165, 1.54) is 12.1 Å². The van der Waals surface area contributed by atoms with E-state index in [-0.39, 0.29) is 11.9 Å². The summed E-state index contributed by atoms with van der Waals surface area (Å²) in [5.74, 6) is -0.0284. The highest BCUT2D eigenvalue weighted by molar-refractivity contribution is 5.85. The summed E-state index contributed by atoms with van der Waals surface area (Å²) in [5.41, 5.74) is -0.737. The van der Waals surface area contributed by atoms with Gasteiger partial charge in [-0.05, 0) is 63.6 Å². The Hall–Kier alpha value is -1.76. The number of anilines is 1. The first-order valence-electron chi connectivity index (χ1n) is 9.71. The second-order valence-electron chi connectivity index (χ2n) is 7.42. The number of amides is 1. The van der Waals surface area contributed by atoms with Crippen molar-refractivity contribution in [3.8, 4) is 0 Å². The minimum atomic E-state index is -4.34. The molecule has 1 N–H and O–H groups in total. The molecule has 1 aromatic rings. The molecule has 150 valence electrons. The third kappa shape index (κ3) is 4.57. The van der Waals surface area contributed by atoms with Crippen molar-refractivity contribution in [3.05, 3.63) is 29.8 Å². The molecule has 1 heterocycles. The summed E-state index contributed by atoms with van der Waals surface area (Å²) in [7, 11) is 0. The van der Waals surface area contributed by atoms with Crippen molar-refractivity contribution in [2.45, 2.75) is 63.3 Å². The van der Waals surface area contributed by atoms with Crippen LogP contribution < -0.4 is 10.2 Å². The van der Waals surface area contributed by atoms with E-state index in [0.717, 1.165) is 31.7 Å². The van der Waals surface area contributed by atoms with Crippen LogP contribution in [-0.4, -0.2) is 37.2 Å². The van der Waals surface area contributed by atoms with Crippen LogP contribution in [0.1, 0.15) is 51.0 Å². The average Bonchev–Trinajstić information content (AvgIpc) is 3.12. The number of nitrogens with one attached hydrogen (secondary N) is 1. The monoisotopic (exact) mass is 384 g/mol. The minimum absolute atomic E-state index is 0.0284. The van der Waals surface area contributed by atoms with Crippen molar-refractivity contribution in [1.82, 2.24) is 5.32 Å². The summed E-state index contributed by atoms with van der Waals surface area (Å²) in [6.45, 7) is 3.66. The zero-order valence-corrected chi connectivity index (χ0v) is 15.6. The molecule has 1 saturated heterocycles. The fraction of sp³-hybridized carbons (Fsp3) is 0.650. The highest BCUT2D eigenvalue weighted by Crippen LogP contribution is 2.34. The fourth-order valence-electron chi connectivity index (χ4n) is 4.14. The molecule has 0 bridgehead atoms. The molecule has 0 unspecified atom stereocenters. The number of carbonyl (C=O) groups excluding carboxylic acids is 1. The second kappa shape index (κ2) is 8.09. The molecule has 0 radical (unpaired) electrons. The van der Waals surface area contributed by atoms with Gasteiger partial charge in [-0.2, -0.15) is 13.2 Å². The second-order valence-corrected chi connectivity index (χ2v) is 7.42. The summed E-state index contributed by atoms with van der Waals surface area (Å²) in [5, 5.41) is 3.12. The topological polar surface area (TPSA) is 41.6 Å². The van der Waals surface area contributed by atoms with Crippen LogP contribution in [0.15, 0.2) is 24.3 Å². The van der Waals surface area contributed by atoms with Gasteiger partial charge in [0.05, 0.1) is 5.56 Å². The lowest BCUT2D eigenvalue weighted by Gasteiger charge is -2.36. The van der Waals surface area contributed by atoms with Gasteiger partial charge in [0.2, 0.25) is 0 Å². The molecule has 4 nitrogen and oxygen atoms in total. The molecule has 3 rings (SSSR count). The number of halogens is 3. The number of benzene rings is 1. The average molecular weight is 384 g/mol. The molecule has 0 aromatic heterocycles. The number of piperidine rings is 1. The van der Waals surface area contributed by atoms with Crippen molar-refractivity contribution in [2.75, 3.05) is 24.6 Å². The van der Waals surface area contributed by atoms with E-state index in [0.29, 0.717) is 38.2 Å². The summed E-state index contributed by atoms with van der Waals surface area (Å²) in [6, 6.07) is 5.47. The predicted octanol–water partition coefficient (Wildman–Crippen LogP) is 4.14. The maximum Gasteiger partial charge on any atom is 0.416 e. The Balaban J connectivity index is 1.57. The van der Waals surface area contributed by atoms with Gasteiger partial charge in [-0.3, -0.25) is 4.79 Å². The first-order valence-corrected chi connectivity index (χ1v) is 9.71. The zero-order chi connectivity index (χ0) is 19.5. The predicted molar refractivity (Wildman–Crippen MR) is 97.6 cm³/mol. The fourth-order valence-corrected chi connectivity index (χ4v) is 4.14. The van der Waals surface area contributed by atoms with Gasteiger partial charge in [0.15, 0.2) is 0 Å². The lowest BCUT2D eigenvalue weighted by atomic mass is 9.98. The van der Waals surface area contributed by atoms with Crippen LogP contribution in [-0.2, 0) is 15.7 Å². The molecule has 2 aliphatic rings. The van der Waals surface area contributed by atoms with Crippen LogP contribution in [0.2, 0.25) is 0 Å². The Bertz CT molecular complexity index is 649. The van der Waals surface area contributed by atoms with Crippen LogP contribution in [0.5, 0.6) is 0 Å². The number of hydrogen-bond donors (Lipinski definition) is 1. The molecule has 1 amide bonds. The largest absolute Gasteiger partial charge is 0.416 e. The van der Waals surface area contributed by atoms with E-state index in [2.05, 4.69) is 5.32 Å². The van der Waals surface area contributed by atoms with E-state index in [9.17, 15) is 18.0 Å². The van der Waals surface area contributed by atoms with Crippen molar-refractivity contribution in [1.29, 1.82) is 0 Å². The molecular formula is C20H27F3N2O2. The standard InChI is InChI=1S/C20H27F3N2O2/c1-2-27-19(10-3-4-11-19)18(26)24-16-8-12-25(13-9-16)17-7-5-6-15(14-17)20(21,22)23/h5-7,14,16H,2-4,8-13H2,1H3,(H,24,26). The van der Waals surface area contributed by atoms with Gasteiger partial charge >= 0.3 is 6.18 Å². The number of carbonyl (C=O) groups is 1. The number of rotatable bonds is 5. The summed E-state index contributed by atoms with van der Waals surface area (Å²) < 4.78 is 44.5. The highest BCUT2D eigenvalue weighted by atomic mass is 19.4. The van der Waals surface area contributed by atoms with Gasteiger partial charge < -0.3 is 15.0 Å². The third-order valence-electron chi connectivity index (χ3n) is 5.61. The molecule has 1 aliphatic carbocycles. The molecule has 2 fully saturated rings. The van der Waals surface area contributed by atoms with E-state index >= 15 is 0 Å². The molecule has 0 spiro atoms. The van der Waals surface area contributed by atoms with Crippen molar-refractivity contribution < 1.29 is 22.7 Å². The third-order valence-corrected chi connectivity index (χ3v) is 5.61. The van der Waals surface area contributed by atoms with E-state index in [4.69, 9.17) is 4.74 Å². The lowest BCUT2D eigenvalue weighted by Crippen LogP contribution is -2.53. The van der Waals surface area contributed by atoms with Crippen LogP contribution in [0.4, 0.5) is 18.9 Å². The number of alkyl halides is 3. The van der Waals surface area contributed by atoms with Gasteiger partial charge in [0.1, 0.15) is 5.60 Å². The molecule has 27 heavy (non-hydrogen) atoms. The smallest absolute Gasteiger partial charge is 0.371 e. The molecule has 1 aromatic carbocycles. The Morgan fingerprint density at radius 2 is 1.93 bits per heavy atom.